The second-order valence-electron chi connectivity index (χ2n) is 1.32. The van der Waals surface area contributed by atoms with E-state index in [2.05, 4.69) is 16.7 Å². The number of hydrogen-bond donors (Lipinski definition) is 1. The smallest absolute Gasteiger partial charge is 0.114 e. The summed E-state index contributed by atoms with van der Waals surface area (Å²) in [6.07, 6.45) is 2.84. The van der Waals surface area contributed by atoms with Crippen molar-refractivity contribution in [3.63, 3.8) is 0 Å². The highest BCUT2D eigenvalue weighted by molar-refractivity contribution is 5.62. The van der Waals surface area contributed by atoms with E-state index >= 15 is 0 Å². The van der Waals surface area contributed by atoms with Crippen molar-refractivity contribution < 1.29 is 0 Å². The van der Waals surface area contributed by atoms with E-state index in [4.69, 9.17) is 5.73 Å². The number of allylic oxidation sites excluding steroid dienone is 1. The standard InChI is InChI=1S/C5H9N3/c1-5(6)3-8-4-7-2/h3-4H,2,6H2,1H3/b5-3+,8-4-. The molecule has 0 heterocycles. The zero-order chi connectivity index (χ0) is 6.41. The topological polar surface area (TPSA) is 50.7 Å². The highest BCUT2D eigenvalue weighted by Crippen LogP contribution is 1.77. The van der Waals surface area contributed by atoms with Gasteiger partial charge in [-0.05, 0) is 13.6 Å². The van der Waals surface area contributed by atoms with E-state index in [1.165, 1.54) is 12.5 Å². The summed E-state index contributed by atoms with van der Waals surface area (Å²) in [5.74, 6) is 0. The van der Waals surface area contributed by atoms with Gasteiger partial charge in [-0.15, -0.1) is 0 Å². The van der Waals surface area contributed by atoms with Crippen LogP contribution in [0.25, 0.3) is 0 Å². The molecule has 0 aromatic carbocycles. The lowest BCUT2D eigenvalue weighted by molar-refractivity contribution is 1.27. The summed E-state index contributed by atoms with van der Waals surface area (Å²) < 4.78 is 0. The summed E-state index contributed by atoms with van der Waals surface area (Å²) in [6.45, 7) is 4.94. The van der Waals surface area contributed by atoms with Gasteiger partial charge in [0.1, 0.15) is 6.34 Å². The van der Waals surface area contributed by atoms with Crippen LogP contribution < -0.4 is 5.73 Å². The predicted octanol–water partition coefficient (Wildman–Crippen LogP) is 0.535. The molecule has 0 rings (SSSR count). The van der Waals surface area contributed by atoms with Crippen LogP contribution in [0.3, 0.4) is 0 Å². The molecule has 0 aliphatic rings. The van der Waals surface area contributed by atoms with Gasteiger partial charge in [-0.2, -0.15) is 0 Å². The van der Waals surface area contributed by atoms with E-state index in [-0.39, 0.29) is 0 Å². The highest BCUT2D eigenvalue weighted by atomic mass is 14.8. The van der Waals surface area contributed by atoms with E-state index < -0.39 is 0 Å². The molecule has 2 N–H and O–H groups in total. The predicted molar refractivity (Wildman–Crippen MR) is 36.0 cm³/mol. The summed E-state index contributed by atoms with van der Waals surface area (Å²) in [5, 5.41) is 0. The zero-order valence-electron chi connectivity index (χ0n) is 4.83. The minimum atomic E-state index is 0.657. The third kappa shape index (κ3) is 4.88. The molecule has 0 aliphatic heterocycles. The fourth-order valence-corrected chi connectivity index (χ4v) is 0.198. The minimum Gasteiger partial charge on any atom is -0.401 e. The molecule has 0 fully saturated rings. The van der Waals surface area contributed by atoms with Crippen molar-refractivity contribution in [1.29, 1.82) is 0 Å². The number of nitrogens with zero attached hydrogens (tertiary/aromatic N) is 2. The summed E-state index contributed by atoms with van der Waals surface area (Å²) in [5.41, 5.74) is 5.88. The molecule has 0 unspecified atom stereocenters. The molecular weight excluding hydrogens is 102 g/mol. The SMILES string of the molecule is C=N/C=N\C=C(/C)N. The molecule has 44 valence electrons. The third-order valence-electron chi connectivity index (χ3n) is 0.426. The summed E-state index contributed by atoms with van der Waals surface area (Å²) in [6, 6.07) is 0. The Morgan fingerprint density at radius 2 is 2.38 bits per heavy atom. The Hall–Kier alpha value is -1.12. The summed E-state index contributed by atoms with van der Waals surface area (Å²) in [7, 11) is 0. The Labute approximate surface area is 48.6 Å². The first-order valence-corrected chi connectivity index (χ1v) is 2.17. The average Bonchev–Trinajstić information content (AvgIpc) is 1.66. The lowest BCUT2D eigenvalue weighted by Gasteiger charge is -1.79. The third-order valence-corrected chi connectivity index (χ3v) is 0.426. The quantitative estimate of drug-likeness (QED) is 0.410. The van der Waals surface area contributed by atoms with Gasteiger partial charge in [0.05, 0.1) is 0 Å². The van der Waals surface area contributed by atoms with Gasteiger partial charge in [-0.3, -0.25) is 4.99 Å². The molecule has 8 heavy (non-hydrogen) atoms. The number of aliphatic imine (C=N–C) groups is 2. The number of rotatable bonds is 2. The van der Waals surface area contributed by atoms with Crippen LogP contribution in [0, 0.1) is 0 Å². The van der Waals surface area contributed by atoms with Crippen LogP contribution in [0.4, 0.5) is 0 Å². The van der Waals surface area contributed by atoms with Crippen LogP contribution in [-0.4, -0.2) is 13.1 Å². The molecule has 0 aliphatic carbocycles. The normalized spacial score (nSPS) is 12.4. The van der Waals surface area contributed by atoms with Crippen molar-refractivity contribution in [2.24, 2.45) is 15.7 Å². The lowest BCUT2D eigenvalue weighted by Crippen LogP contribution is -1.87. The van der Waals surface area contributed by atoms with Crippen molar-refractivity contribution >= 4 is 13.1 Å². The minimum absolute atomic E-state index is 0.657. The lowest BCUT2D eigenvalue weighted by atomic mass is 10.6. The summed E-state index contributed by atoms with van der Waals surface area (Å²) >= 11 is 0. The van der Waals surface area contributed by atoms with E-state index in [0.717, 1.165) is 0 Å². The fraction of sp³-hybridized carbons (Fsp3) is 0.200. The second kappa shape index (κ2) is 4.05. The maximum atomic E-state index is 5.22. The zero-order valence-corrected chi connectivity index (χ0v) is 4.83. The van der Waals surface area contributed by atoms with Crippen molar-refractivity contribution in [1.82, 2.24) is 0 Å². The molecule has 0 bridgehead atoms. The maximum Gasteiger partial charge on any atom is 0.114 e. The average molecular weight is 111 g/mol. The first kappa shape index (κ1) is 6.88. The van der Waals surface area contributed by atoms with Gasteiger partial charge in [0.15, 0.2) is 0 Å². The van der Waals surface area contributed by atoms with Crippen LogP contribution in [0.5, 0.6) is 0 Å². The van der Waals surface area contributed by atoms with E-state index in [1.54, 1.807) is 6.92 Å². The van der Waals surface area contributed by atoms with Gasteiger partial charge in [0.2, 0.25) is 0 Å². The van der Waals surface area contributed by atoms with Gasteiger partial charge >= 0.3 is 0 Å². The highest BCUT2D eigenvalue weighted by Gasteiger charge is 1.67. The second-order valence-corrected chi connectivity index (χ2v) is 1.32. The van der Waals surface area contributed by atoms with E-state index in [1.807, 2.05) is 0 Å². The Morgan fingerprint density at radius 3 is 2.75 bits per heavy atom. The van der Waals surface area contributed by atoms with Crippen LogP contribution in [0.15, 0.2) is 21.9 Å². The van der Waals surface area contributed by atoms with Gasteiger partial charge in [0.25, 0.3) is 0 Å². The largest absolute Gasteiger partial charge is 0.401 e. The first-order valence-electron chi connectivity index (χ1n) is 2.17. The monoisotopic (exact) mass is 111 g/mol. The molecule has 0 aromatic rings. The number of hydrogen-bond acceptors (Lipinski definition) is 2. The molecule has 0 aromatic heterocycles. The van der Waals surface area contributed by atoms with Crippen molar-refractivity contribution in [3.8, 4) is 0 Å². The van der Waals surface area contributed by atoms with Crippen LogP contribution >= 0.6 is 0 Å². The molecule has 0 saturated carbocycles. The van der Waals surface area contributed by atoms with Gasteiger partial charge in [0, 0.05) is 11.9 Å². The molecule has 0 amide bonds. The van der Waals surface area contributed by atoms with Gasteiger partial charge in [-0.25, -0.2) is 4.99 Å². The molecular formula is C5H9N3. The van der Waals surface area contributed by atoms with E-state index in [0.29, 0.717) is 5.70 Å². The maximum absolute atomic E-state index is 5.22. The Morgan fingerprint density at radius 1 is 1.75 bits per heavy atom. The molecule has 0 atom stereocenters. The Kier molecular flexibility index (Phi) is 3.48. The molecule has 3 heteroatoms. The van der Waals surface area contributed by atoms with Crippen LogP contribution in [-0.2, 0) is 0 Å². The van der Waals surface area contributed by atoms with Gasteiger partial charge in [-0.1, -0.05) is 0 Å². The first-order chi connectivity index (χ1) is 3.77. The van der Waals surface area contributed by atoms with Crippen LogP contribution in [0.1, 0.15) is 6.92 Å². The van der Waals surface area contributed by atoms with Crippen molar-refractivity contribution in [2.45, 2.75) is 6.92 Å². The van der Waals surface area contributed by atoms with Crippen molar-refractivity contribution in [3.05, 3.63) is 11.9 Å². The molecule has 0 spiro atoms. The Bertz CT molecular complexity index is 120. The van der Waals surface area contributed by atoms with Crippen molar-refractivity contribution in [2.75, 3.05) is 0 Å². The Balaban J connectivity index is 3.57. The molecule has 0 radical (unpaired) electrons. The molecule has 3 nitrogen and oxygen atoms in total. The van der Waals surface area contributed by atoms with E-state index in [9.17, 15) is 0 Å². The number of nitrogens with two attached hydrogens (primary N) is 1. The van der Waals surface area contributed by atoms with Crippen LogP contribution in [0.2, 0.25) is 0 Å². The summed E-state index contributed by atoms with van der Waals surface area (Å²) in [4.78, 5) is 7.01. The molecule has 0 saturated heterocycles. The van der Waals surface area contributed by atoms with Gasteiger partial charge < -0.3 is 5.73 Å². The fourth-order valence-electron chi connectivity index (χ4n) is 0.198.